The number of hydrogen-bond donors (Lipinski definition) is 1. The van der Waals surface area contributed by atoms with Gasteiger partial charge in [0.1, 0.15) is 0 Å². The van der Waals surface area contributed by atoms with Crippen molar-refractivity contribution >= 4 is 0 Å². The summed E-state index contributed by atoms with van der Waals surface area (Å²) in [5, 5.41) is 3.46. The molecule has 0 amide bonds. The molecule has 0 aromatic rings. The molecule has 2 heteroatoms. The van der Waals surface area contributed by atoms with Crippen molar-refractivity contribution in [3.8, 4) is 0 Å². The van der Waals surface area contributed by atoms with E-state index in [4.69, 9.17) is 4.74 Å². The van der Waals surface area contributed by atoms with Gasteiger partial charge in [-0.1, -0.05) is 33.6 Å². The van der Waals surface area contributed by atoms with Crippen LogP contribution in [0.25, 0.3) is 0 Å². The van der Waals surface area contributed by atoms with Crippen LogP contribution in [0, 0.1) is 5.92 Å². The van der Waals surface area contributed by atoms with E-state index in [1.807, 2.05) is 0 Å². The van der Waals surface area contributed by atoms with E-state index < -0.39 is 0 Å². The van der Waals surface area contributed by atoms with Crippen molar-refractivity contribution in [2.75, 3.05) is 20.3 Å². The molecule has 2 unspecified atom stereocenters. The van der Waals surface area contributed by atoms with E-state index in [9.17, 15) is 0 Å². The lowest BCUT2D eigenvalue weighted by atomic mass is 9.97. The minimum atomic E-state index is 0.546. The average Bonchev–Trinajstić information content (AvgIpc) is 2.15. The zero-order valence-corrected chi connectivity index (χ0v) is 10.3. The van der Waals surface area contributed by atoms with Gasteiger partial charge in [0.25, 0.3) is 0 Å². The minimum absolute atomic E-state index is 0.546. The van der Waals surface area contributed by atoms with Crippen molar-refractivity contribution in [1.82, 2.24) is 5.32 Å². The molecule has 0 radical (unpaired) electrons. The quantitative estimate of drug-likeness (QED) is 0.619. The second-order valence-corrected chi connectivity index (χ2v) is 4.18. The first-order valence-electron chi connectivity index (χ1n) is 5.96. The number of nitrogens with one attached hydrogen (secondary N) is 1. The fraction of sp³-hybridized carbons (Fsp3) is 1.00. The van der Waals surface area contributed by atoms with Crippen LogP contribution in [0.15, 0.2) is 0 Å². The highest BCUT2D eigenvalue weighted by Crippen LogP contribution is 2.13. The largest absolute Gasteiger partial charge is 0.383 e. The molecule has 0 heterocycles. The molecular formula is C12H27NO. The summed E-state index contributed by atoms with van der Waals surface area (Å²) >= 11 is 0. The second kappa shape index (κ2) is 9.47. The van der Waals surface area contributed by atoms with E-state index in [1.165, 1.54) is 25.7 Å². The van der Waals surface area contributed by atoms with Crippen LogP contribution in [0.1, 0.15) is 46.5 Å². The molecule has 0 aromatic carbocycles. The fourth-order valence-electron chi connectivity index (χ4n) is 1.86. The first kappa shape index (κ1) is 13.9. The second-order valence-electron chi connectivity index (χ2n) is 4.18. The Morgan fingerprint density at radius 3 is 2.36 bits per heavy atom. The van der Waals surface area contributed by atoms with E-state index in [2.05, 4.69) is 26.1 Å². The zero-order chi connectivity index (χ0) is 10.8. The lowest BCUT2D eigenvalue weighted by Gasteiger charge is -2.19. The van der Waals surface area contributed by atoms with Gasteiger partial charge in [-0.3, -0.25) is 0 Å². The van der Waals surface area contributed by atoms with Crippen LogP contribution in [-0.4, -0.2) is 26.3 Å². The summed E-state index contributed by atoms with van der Waals surface area (Å²) in [4.78, 5) is 0. The van der Waals surface area contributed by atoms with Crippen LogP contribution in [0.3, 0.4) is 0 Å². The molecule has 0 aliphatic rings. The van der Waals surface area contributed by atoms with Gasteiger partial charge in [-0.15, -0.1) is 0 Å². The molecule has 0 bridgehead atoms. The maximum Gasteiger partial charge on any atom is 0.0615 e. The van der Waals surface area contributed by atoms with Gasteiger partial charge >= 0.3 is 0 Å². The van der Waals surface area contributed by atoms with Gasteiger partial charge in [-0.25, -0.2) is 0 Å². The van der Waals surface area contributed by atoms with Gasteiger partial charge < -0.3 is 10.1 Å². The number of hydrogen-bond acceptors (Lipinski definition) is 2. The molecule has 0 aliphatic carbocycles. The van der Waals surface area contributed by atoms with Gasteiger partial charge in [0.15, 0.2) is 0 Å². The lowest BCUT2D eigenvalue weighted by Crippen LogP contribution is -2.33. The third kappa shape index (κ3) is 7.34. The molecule has 2 atom stereocenters. The molecule has 14 heavy (non-hydrogen) atoms. The van der Waals surface area contributed by atoms with Crippen LogP contribution in [0.5, 0.6) is 0 Å². The van der Waals surface area contributed by atoms with Crippen molar-refractivity contribution in [2.45, 2.75) is 52.5 Å². The third-order valence-corrected chi connectivity index (χ3v) is 2.65. The maximum atomic E-state index is 5.19. The predicted molar refractivity (Wildman–Crippen MR) is 62.6 cm³/mol. The molecule has 0 saturated heterocycles. The van der Waals surface area contributed by atoms with Gasteiger partial charge in [0, 0.05) is 13.2 Å². The number of rotatable bonds is 9. The van der Waals surface area contributed by atoms with Gasteiger partial charge in [-0.2, -0.15) is 0 Å². The van der Waals surface area contributed by atoms with Crippen molar-refractivity contribution in [3.05, 3.63) is 0 Å². The number of methoxy groups -OCH3 is 1. The Morgan fingerprint density at radius 2 is 1.86 bits per heavy atom. The van der Waals surface area contributed by atoms with Crippen LogP contribution in [-0.2, 0) is 4.74 Å². The highest BCUT2D eigenvalue weighted by Gasteiger charge is 2.08. The Balaban J connectivity index is 3.57. The molecule has 0 rings (SSSR count). The first-order chi connectivity index (χ1) is 6.74. The minimum Gasteiger partial charge on any atom is -0.383 e. The fourth-order valence-corrected chi connectivity index (χ4v) is 1.86. The van der Waals surface area contributed by atoms with E-state index in [-0.39, 0.29) is 0 Å². The molecule has 0 spiro atoms. The van der Waals surface area contributed by atoms with Crippen LogP contribution < -0.4 is 5.32 Å². The summed E-state index contributed by atoms with van der Waals surface area (Å²) in [6.45, 7) is 8.63. The molecule has 0 fully saturated rings. The van der Waals surface area contributed by atoms with Gasteiger partial charge in [-0.05, 0) is 25.3 Å². The van der Waals surface area contributed by atoms with Gasteiger partial charge in [0.2, 0.25) is 0 Å². The lowest BCUT2D eigenvalue weighted by molar-refractivity contribution is 0.159. The summed E-state index contributed by atoms with van der Waals surface area (Å²) in [6, 6.07) is 0.546. The van der Waals surface area contributed by atoms with Crippen molar-refractivity contribution in [2.24, 2.45) is 5.92 Å². The topological polar surface area (TPSA) is 21.3 Å². The van der Waals surface area contributed by atoms with E-state index in [1.54, 1.807) is 7.11 Å². The molecule has 86 valence electrons. The molecular weight excluding hydrogens is 174 g/mol. The highest BCUT2D eigenvalue weighted by atomic mass is 16.5. The number of likely N-dealkylation sites (N-methyl/N-ethyl adjacent to an activating group) is 1. The molecule has 1 N–H and O–H groups in total. The molecule has 0 saturated carbocycles. The van der Waals surface area contributed by atoms with Crippen LogP contribution in [0.2, 0.25) is 0 Å². The highest BCUT2D eigenvalue weighted by molar-refractivity contribution is 4.66. The standard InChI is InChI=1S/C12H27NO/c1-5-7-11(3)8-9-12(10-14-4)13-6-2/h11-13H,5-10H2,1-4H3. The summed E-state index contributed by atoms with van der Waals surface area (Å²) in [7, 11) is 1.78. The monoisotopic (exact) mass is 201 g/mol. The van der Waals surface area contributed by atoms with Crippen molar-refractivity contribution < 1.29 is 4.74 Å². The summed E-state index contributed by atoms with van der Waals surface area (Å²) in [6.07, 6.45) is 5.21. The maximum absolute atomic E-state index is 5.19. The van der Waals surface area contributed by atoms with Crippen LogP contribution >= 0.6 is 0 Å². The summed E-state index contributed by atoms with van der Waals surface area (Å²) < 4.78 is 5.19. The normalized spacial score (nSPS) is 15.4. The molecule has 0 aromatic heterocycles. The number of ether oxygens (including phenoxy) is 1. The molecule has 0 aliphatic heterocycles. The van der Waals surface area contributed by atoms with Crippen LogP contribution in [0.4, 0.5) is 0 Å². The smallest absolute Gasteiger partial charge is 0.0615 e. The predicted octanol–water partition coefficient (Wildman–Crippen LogP) is 2.83. The Morgan fingerprint density at radius 1 is 1.14 bits per heavy atom. The van der Waals surface area contributed by atoms with Crippen molar-refractivity contribution in [1.29, 1.82) is 0 Å². The summed E-state index contributed by atoms with van der Waals surface area (Å²) in [5.41, 5.74) is 0. The van der Waals surface area contributed by atoms with E-state index in [0.717, 1.165) is 19.1 Å². The third-order valence-electron chi connectivity index (χ3n) is 2.65. The van der Waals surface area contributed by atoms with E-state index in [0.29, 0.717) is 6.04 Å². The van der Waals surface area contributed by atoms with Crippen molar-refractivity contribution in [3.63, 3.8) is 0 Å². The molecule has 2 nitrogen and oxygen atoms in total. The zero-order valence-electron chi connectivity index (χ0n) is 10.3. The Labute approximate surface area is 89.4 Å². The first-order valence-corrected chi connectivity index (χ1v) is 5.96. The van der Waals surface area contributed by atoms with E-state index >= 15 is 0 Å². The van der Waals surface area contributed by atoms with Gasteiger partial charge in [0.05, 0.1) is 6.61 Å². The average molecular weight is 201 g/mol. The Hall–Kier alpha value is -0.0800. The summed E-state index contributed by atoms with van der Waals surface area (Å²) in [5.74, 6) is 0.859. The Kier molecular flexibility index (Phi) is 9.42. The Bertz CT molecular complexity index is 111. The SMILES string of the molecule is CCCC(C)CCC(COC)NCC.